The van der Waals surface area contributed by atoms with Crippen LogP contribution in [0.1, 0.15) is 220 Å². The van der Waals surface area contributed by atoms with E-state index in [1.54, 1.807) is 0 Å². The fraction of sp³-hybridized carbons (Fsp3) is 0.984. The van der Waals surface area contributed by atoms with Crippen molar-refractivity contribution in [2.45, 2.75) is 318 Å². The lowest BCUT2D eigenvalue weighted by atomic mass is 9.94. The number of aliphatic hydroxyl groups excluding tert-OH is 8. The predicted octanol–water partition coefficient (Wildman–Crippen LogP) is 6.80. The van der Waals surface area contributed by atoms with Crippen LogP contribution in [0, 0.1) is 0 Å². The number of ether oxygens (including phenoxy) is 10. The minimum absolute atomic E-state index is 0.00671. The molecule has 3 heterocycles. The third-order valence-corrected chi connectivity index (χ3v) is 15.9. The number of amides is 1. The van der Waals surface area contributed by atoms with Crippen molar-refractivity contribution in [1.29, 1.82) is 0 Å². The topological polar surface area (TPSA) is 283 Å². The van der Waals surface area contributed by atoms with E-state index in [1.807, 2.05) is 0 Å². The summed E-state index contributed by atoms with van der Waals surface area (Å²) in [6, 6.07) is -1.28. The molecule has 20 heteroatoms. The van der Waals surface area contributed by atoms with E-state index in [-0.39, 0.29) is 25.9 Å². The Bertz CT molecular complexity index is 1480. The van der Waals surface area contributed by atoms with E-state index in [0.717, 1.165) is 38.9 Å². The Morgan fingerprint density at radius 2 is 0.864 bits per heavy atom. The summed E-state index contributed by atoms with van der Waals surface area (Å²) in [7, 11) is 0. The first-order valence-electron chi connectivity index (χ1n) is 32.2. The summed E-state index contributed by atoms with van der Waals surface area (Å²) in [4.78, 5) is 12.7. The smallest absolute Gasteiger partial charge is 0.217 e. The Balaban J connectivity index is 1.44. The normalized spacial score (nSPS) is 29.3. The Labute approximate surface area is 487 Å². The van der Waals surface area contributed by atoms with Gasteiger partial charge in [-0.3, -0.25) is 4.79 Å². The molecule has 0 saturated carbocycles. The standard InChI is InChI=1S/C61H117NO19/c1-5-7-9-11-13-15-17-19-21-23-25-27-29-31-35-74-44-47(75-37-32-30-28-26-24-22-20-18-16-14-12-10-8-6-2)34-33-36-72-38-39-73-40-41-76-59-50(62-46(4)65)58(81-60-55(70)53(68)51(66)45(3)77-60)57(49(43-64)79-59)80-61-56(71)54(69)52(67)48(42-63)78-61/h45,47-61,63-64,66-71H,5-44H2,1-4H3,(H,62,65)/t45-,47+,48+,49+,50+,51+,52-,53+,54-,55-,56+,57+,58+,59+,60-,61-/m0/s1. The lowest BCUT2D eigenvalue weighted by Crippen LogP contribution is -2.69. The fourth-order valence-corrected chi connectivity index (χ4v) is 10.9. The second-order valence-corrected chi connectivity index (χ2v) is 23.0. The molecule has 0 spiro atoms. The summed E-state index contributed by atoms with van der Waals surface area (Å²) in [5, 5.41) is 86.7. The van der Waals surface area contributed by atoms with Crippen LogP contribution in [0.2, 0.25) is 0 Å². The van der Waals surface area contributed by atoms with Gasteiger partial charge in [-0.05, 0) is 32.6 Å². The Morgan fingerprint density at radius 1 is 0.444 bits per heavy atom. The zero-order valence-electron chi connectivity index (χ0n) is 50.6. The first kappa shape index (κ1) is 74.0. The van der Waals surface area contributed by atoms with E-state index >= 15 is 0 Å². The maximum absolute atomic E-state index is 12.7. The first-order chi connectivity index (χ1) is 39.4. The average molecular weight is 1170 g/mol. The Morgan fingerprint density at radius 3 is 1.37 bits per heavy atom. The van der Waals surface area contributed by atoms with Crippen LogP contribution in [0.3, 0.4) is 0 Å². The molecular formula is C61H117NO19. The largest absolute Gasteiger partial charge is 0.394 e. The molecule has 9 N–H and O–H groups in total. The summed E-state index contributed by atoms with van der Waals surface area (Å²) in [5.74, 6) is -0.571. The van der Waals surface area contributed by atoms with Gasteiger partial charge in [-0.2, -0.15) is 0 Å². The summed E-state index contributed by atoms with van der Waals surface area (Å²) in [5.41, 5.74) is 0. The van der Waals surface area contributed by atoms with E-state index < -0.39 is 111 Å². The van der Waals surface area contributed by atoms with Crippen LogP contribution in [-0.4, -0.2) is 211 Å². The summed E-state index contributed by atoms with van der Waals surface area (Å²) < 4.78 is 60.1. The van der Waals surface area contributed by atoms with Crippen LogP contribution in [0.25, 0.3) is 0 Å². The highest BCUT2D eigenvalue weighted by Gasteiger charge is 2.54. The van der Waals surface area contributed by atoms with Crippen LogP contribution in [-0.2, 0) is 52.2 Å². The van der Waals surface area contributed by atoms with Gasteiger partial charge < -0.3 is 93.5 Å². The van der Waals surface area contributed by atoms with Crippen LogP contribution in [0.5, 0.6) is 0 Å². The van der Waals surface area contributed by atoms with Crippen molar-refractivity contribution in [2.24, 2.45) is 0 Å². The van der Waals surface area contributed by atoms with Gasteiger partial charge in [0.2, 0.25) is 5.91 Å². The molecule has 0 radical (unpaired) electrons. The number of unbranched alkanes of at least 4 members (excludes halogenated alkanes) is 26. The van der Waals surface area contributed by atoms with Gasteiger partial charge in [-0.15, -0.1) is 0 Å². The van der Waals surface area contributed by atoms with Crippen LogP contribution in [0.4, 0.5) is 0 Å². The lowest BCUT2D eigenvalue weighted by Gasteiger charge is -2.50. The number of hydrogen-bond donors (Lipinski definition) is 9. The molecule has 1 amide bonds. The SMILES string of the molecule is CCCCCCCCCCCCCCCCOC[C@@H](CCCOCCOCCO[C@@H]1O[C@H](CO)[C@@H](O[C@@H]2O[C@H](CO)[C@H](O)[C@H](O)[C@H]2O)[C@H](O[C@@H]2O[C@@H](C)[C@@H](O)[C@@H](O)[C@@H]2O)[C@H]1NC(C)=O)OCCCCCCCCCCCCCCCC. The van der Waals surface area contributed by atoms with Gasteiger partial charge >= 0.3 is 0 Å². The van der Waals surface area contributed by atoms with Crippen LogP contribution >= 0.6 is 0 Å². The molecule has 0 bridgehead atoms. The van der Waals surface area contributed by atoms with Crippen LogP contribution < -0.4 is 5.32 Å². The predicted molar refractivity (Wildman–Crippen MR) is 307 cm³/mol. The second kappa shape index (κ2) is 46.9. The Kier molecular flexibility index (Phi) is 42.8. The monoisotopic (exact) mass is 1170 g/mol. The lowest BCUT2D eigenvalue weighted by molar-refractivity contribution is -0.373. The molecule has 16 atom stereocenters. The van der Waals surface area contributed by atoms with Crippen molar-refractivity contribution >= 4 is 5.91 Å². The maximum Gasteiger partial charge on any atom is 0.217 e. The molecular weight excluding hydrogens is 1050 g/mol. The molecule has 0 aliphatic carbocycles. The van der Waals surface area contributed by atoms with E-state index in [0.29, 0.717) is 19.8 Å². The van der Waals surface area contributed by atoms with Crippen molar-refractivity contribution in [3.05, 3.63) is 0 Å². The molecule has 0 aromatic rings. The van der Waals surface area contributed by atoms with Crippen molar-refractivity contribution < 1.29 is 93.0 Å². The zero-order valence-corrected chi connectivity index (χ0v) is 50.6. The molecule has 3 aliphatic heterocycles. The fourth-order valence-electron chi connectivity index (χ4n) is 10.9. The van der Waals surface area contributed by atoms with E-state index in [9.17, 15) is 45.6 Å². The van der Waals surface area contributed by atoms with E-state index in [4.69, 9.17) is 47.4 Å². The first-order valence-corrected chi connectivity index (χ1v) is 32.2. The second-order valence-electron chi connectivity index (χ2n) is 23.0. The average Bonchev–Trinajstić information content (AvgIpc) is 3.45. The molecule has 3 saturated heterocycles. The van der Waals surface area contributed by atoms with Gasteiger partial charge in [0, 0.05) is 26.7 Å². The number of rotatable bonds is 51. The van der Waals surface area contributed by atoms with Gasteiger partial charge in [0.25, 0.3) is 0 Å². The summed E-state index contributed by atoms with van der Waals surface area (Å²) in [6.07, 6.45) is 16.9. The number of aliphatic hydroxyl groups is 8. The van der Waals surface area contributed by atoms with Crippen LogP contribution in [0.15, 0.2) is 0 Å². The molecule has 480 valence electrons. The van der Waals surface area contributed by atoms with Gasteiger partial charge in [-0.1, -0.05) is 181 Å². The van der Waals surface area contributed by atoms with E-state index in [1.165, 1.54) is 181 Å². The third-order valence-electron chi connectivity index (χ3n) is 15.9. The number of nitrogens with one attached hydrogen (secondary N) is 1. The molecule has 0 aromatic heterocycles. The van der Waals surface area contributed by atoms with Crippen molar-refractivity contribution in [3.8, 4) is 0 Å². The number of carbonyl (C=O) groups excluding carboxylic acids is 1. The van der Waals surface area contributed by atoms with Crippen molar-refractivity contribution in [1.82, 2.24) is 5.32 Å². The highest BCUT2D eigenvalue weighted by atomic mass is 16.8. The number of hydrogen-bond acceptors (Lipinski definition) is 19. The third kappa shape index (κ3) is 30.8. The summed E-state index contributed by atoms with van der Waals surface area (Å²) >= 11 is 0. The van der Waals surface area contributed by atoms with Gasteiger partial charge in [0.15, 0.2) is 18.9 Å². The number of carbonyl (C=O) groups is 1. The Hall–Kier alpha value is -1.25. The molecule has 3 aliphatic rings. The van der Waals surface area contributed by atoms with Gasteiger partial charge in [-0.25, -0.2) is 0 Å². The highest BCUT2D eigenvalue weighted by molar-refractivity contribution is 5.73. The molecule has 0 unspecified atom stereocenters. The molecule has 20 nitrogen and oxygen atoms in total. The molecule has 81 heavy (non-hydrogen) atoms. The zero-order chi connectivity index (χ0) is 58.9. The van der Waals surface area contributed by atoms with Gasteiger partial charge in [0.1, 0.15) is 67.1 Å². The minimum atomic E-state index is -1.86. The van der Waals surface area contributed by atoms with Crippen molar-refractivity contribution in [3.63, 3.8) is 0 Å². The quantitative estimate of drug-likeness (QED) is 0.0283. The van der Waals surface area contributed by atoms with Gasteiger partial charge in [0.05, 0.1) is 58.5 Å². The molecule has 3 fully saturated rings. The molecule has 0 aromatic carbocycles. The maximum atomic E-state index is 12.7. The summed E-state index contributed by atoms with van der Waals surface area (Å²) in [6.45, 7) is 8.91. The van der Waals surface area contributed by atoms with Crippen molar-refractivity contribution in [2.75, 3.05) is 66.1 Å². The highest BCUT2D eigenvalue weighted by Crippen LogP contribution is 2.34. The minimum Gasteiger partial charge on any atom is -0.394 e. The van der Waals surface area contributed by atoms with E-state index in [2.05, 4.69) is 19.2 Å². The molecule has 3 rings (SSSR count).